The maximum absolute atomic E-state index is 13.3. The molecule has 7 nitrogen and oxygen atoms in total. The van der Waals surface area contributed by atoms with Crippen LogP contribution in [0.25, 0.3) is 0 Å². The SMILES string of the molecule is CCOc1ccc(N(CC(=O)N/N=C\c2ccc(Br)cc2)S(=O)(=O)c2ccccc2)cc1. The summed E-state index contributed by atoms with van der Waals surface area (Å²) in [6.07, 6.45) is 1.48. The summed E-state index contributed by atoms with van der Waals surface area (Å²) in [4.78, 5) is 12.6. The molecule has 0 unspecified atom stereocenters. The van der Waals surface area contributed by atoms with Crippen molar-refractivity contribution in [3.63, 3.8) is 0 Å². The standard InChI is InChI=1S/C23H22BrN3O4S/c1-2-31-21-14-12-20(13-15-21)27(32(29,30)22-6-4-3-5-7-22)17-23(28)26-25-16-18-8-10-19(24)11-9-18/h3-16H,2,17H2,1H3,(H,26,28)/b25-16-. The van der Waals surface area contributed by atoms with Crippen LogP contribution >= 0.6 is 15.9 Å². The summed E-state index contributed by atoms with van der Waals surface area (Å²) < 4.78 is 34.0. The lowest BCUT2D eigenvalue weighted by molar-refractivity contribution is -0.119. The van der Waals surface area contributed by atoms with Gasteiger partial charge in [0.15, 0.2) is 0 Å². The van der Waals surface area contributed by atoms with Crippen LogP contribution in [0.4, 0.5) is 5.69 Å². The minimum atomic E-state index is -3.98. The minimum absolute atomic E-state index is 0.0834. The molecule has 0 bridgehead atoms. The molecule has 0 heterocycles. The van der Waals surface area contributed by atoms with Crippen molar-refractivity contribution < 1.29 is 17.9 Å². The van der Waals surface area contributed by atoms with Gasteiger partial charge in [0.05, 0.1) is 23.4 Å². The zero-order valence-electron chi connectivity index (χ0n) is 17.3. The number of carbonyl (C=O) groups is 1. The second-order valence-corrected chi connectivity index (χ2v) is 9.37. The van der Waals surface area contributed by atoms with Gasteiger partial charge in [-0.25, -0.2) is 13.8 Å². The molecule has 0 aliphatic rings. The van der Waals surface area contributed by atoms with E-state index in [0.717, 1.165) is 14.3 Å². The number of benzene rings is 3. The van der Waals surface area contributed by atoms with E-state index in [0.29, 0.717) is 18.0 Å². The molecule has 1 N–H and O–H groups in total. The van der Waals surface area contributed by atoms with E-state index in [9.17, 15) is 13.2 Å². The van der Waals surface area contributed by atoms with Crippen LogP contribution in [0.2, 0.25) is 0 Å². The number of anilines is 1. The summed E-state index contributed by atoms with van der Waals surface area (Å²) >= 11 is 3.35. The second-order valence-electron chi connectivity index (χ2n) is 6.60. The molecule has 3 aromatic rings. The molecule has 166 valence electrons. The number of halogens is 1. The van der Waals surface area contributed by atoms with Gasteiger partial charge in [-0.2, -0.15) is 5.10 Å². The Hall–Kier alpha value is -3.17. The molecular weight excluding hydrogens is 494 g/mol. The maximum Gasteiger partial charge on any atom is 0.264 e. The summed E-state index contributed by atoms with van der Waals surface area (Å²) in [6, 6.07) is 21.8. The molecule has 1 amide bonds. The third kappa shape index (κ3) is 6.18. The van der Waals surface area contributed by atoms with Gasteiger partial charge in [0.2, 0.25) is 0 Å². The molecule has 0 saturated heterocycles. The first kappa shape index (κ1) is 23.5. The summed E-state index contributed by atoms with van der Waals surface area (Å²) in [5.41, 5.74) is 3.51. The molecule has 0 aliphatic carbocycles. The molecule has 0 spiro atoms. The largest absolute Gasteiger partial charge is 0.494 e. The van der Waals surface area contributed by atoms with Gasteiger partial charge < -0.3 is 4.74 Å². The molecular formula is C23H22BrN3O4S. The van der Waals surface area contributed by atoms with Crippen LogP contribution in [0.1, 0.15) is 12.5 Å². The Morgan fingerprint density at radius 1 is 1.03 bits per heavy atom. The Balaban J connectivity index is 1.82. The van der Waals surface area contributed by atoms with Crippen molar-refractivity contribution in [2.75, 3.05) is 17.5 Å². The second kappa shape index (κ2) is 10.9. The predicted molar refractivity (Wildman–Crippen MR) is 128 cm³/mol. The fourth-order valence-corrected chi connectivity index (χ4v) is 4.51. The number of hydrogen-bond donors (Lipinski definition) is 1. The Morgan fingerprint density at radius 3 is 2.31 bits per heavy atom. The van der Waals surface area contributed by atoms with Crippen LogP contribution in [-0.4, -0.2) is 33.7 Å². The highest BCUT2D eigenvalue weighted by molar-refractivity contribution is 9.10. The number of rotatable bonds is 9. The van der Waals surface area contributed by atoms with Crippen LogP contribution in [0.3, 0.4) is 0 Å². The molecule has 0 saturated carbocycles. The lowest BCUT2D eigenvalue weighted by atomic mass is 10.2. The van der Waals surface area contributed by atoms with E-state index in [1.54, 1.807) is 42.5 Å². The normalized spacial score (nSPS) is 11.3. The van der Waals surface area contributed by atoms with Crippen molar-refractivity contribution in [2.24, 2.45) is 5.10 Å². The fourth-order valence-electron chi connectivity index (χ4n) is 2.80. The molecule has 3 rings (SSSR count). The highest BCUT2D eigenvalue weighted by Crippen LogP contribution is 2.25. The van der Waals surface area contributed by atoms with Gasteiger partial charge in [0, 0.05) is 4.47 Å². The third-order valence-corrected chi connectivity index (χ3v) is 6.64. The number of sulfonamides is 1. The third-order valence-electron chi connectivity index (χ3n) is 4.33. The van der Waals surface area contributed by atoms with Gasteiger partial charge >= 0.3 is 0 Å². The Bertz CT molecular complexity index is 1170. The number of hydrogen-bond acceptors (Lipinski definition) is 5. The van der Waals surface area contributed by atoms with Gasteiger partial charge in [-0.05, 0) is 61.0 Å². The van der Waals surface area contributed by atoms with E-state index in [1.807, 2.05) is 31.2 Å². The molecule has 0 aromatic heterocycles. The van der Waals surface area contributed by atoms with Gasteiger partial charge in [0.1, 0.15) is 12.3 Å². The van der Waals surface area contributed by atoms with Crippen LogP contribution in [0.15, 0.2) is 93.3 Å². The smallest absolute Gasteiger partial charge is 0.264 e. The number of carbonyl (C=O) groups excluding carboxylic acids is 1. The van der Waals surface area contributed by atoms with Crippen LogP contribution in [0, 0.1) is 0 Å². The Kier molecular flexibility index (Phi) is 8.02. The van der Waals surface area contributed by atoms with E-state index >= 15 is 0 Å². The van der Waals surface area contributed by atoms with Crippen LogP contribution in [-0.2, 0) is 14.8 Å². The van der Waals surface area contributed by atoms with Crippen molar-refractivity contribution in [3.8, 4) is 5.75 Å². The first-order valence-electron chi connectivity index (χ1n) is 9.78. The van der Waals surface area contributed by atoms with Crippen molar-refractivity contribution in [2.45, 2.75) is 11.8 Å². The number of nitrogens with one attached hydrogen (secondary N) is 1. The first-order chi connectivity index (χ1) is 15.4. The summed E-state index contributed by atoms with van der Waals surface area (Å²) in [7, 11) is -3.98. The first-order valence-corrected chi connectivity index (χ1v) is 12.0. The predicted octanol–water partition coefficient (Wildman–Crippen LogP) is 4.19. The van der Waals surface area contributed by atoms with Crippen LogP contribution < -0.4 is 14.5 Å². The maximum atomic E-state index is 13.3. The van der Waals surface area contributed by atoms with E-state index in [2.05, 4.69) is 26.5 Å². The Labute approximate surface area is 195 Å². The highest BCUT2D eigenvalue weighted by atomic mass is 79.9. The number of ether oxygens (including phenoxy) is 1. The monoisotopic (exact) mass is 515 g/mol. The van der Waals surface area contributed by atoms with E-state index in [-0.39, 0.29) is 4.90 Å². The summed E-state index contributed by atoms with van der Waals surface area (Å²) in [5.74, 6) is 0.0311. The summed E-state index contributed by atoms with van der Waals surface area (Å²) in [5, 5.41) is 3.93. The van der Waals surface area contributed by atoms with Crippen molar-refractivity contribution in [1.29, 1.82) is 0 Å². The van der Waals surface area contributed by atoms with Crippen molar-refractivity contribution in [3.05, 3.63) is 88.9 Å². The molecule has 0 atom stereocenters. The highest BCUT2D eigenvalue weighted by Gasteiger charge is 2.27. The lowest BCUT2D eigenvalue weighted by Gasteiger charge is -2.24. The quantitative estimate of drug-likeness (QED) is 0.341. The van der Waals surface area contributed by atoms with Gasteiger partial charge in [-0.3, -0.25) is 9.10 Å². The Morgan fingerprint density at radius 2 is 1.69 bits per heavy atom. The number of hydrazone groups is 1. The topological polar surface area (TPSA) is 88.1 Å². The molecule has 0 aliphatic heterocycles. The van der Waals surface area contributed by atoms with Gasteiger partial charge in [-0.15, -0.1) is 0 Å². The number of amides is 1. The summed E-state index contributed by atoms with van der Waals surface area (Å²) in [6.45, 7) is 1.91. The molecule has 32 heavy (non-hydrogen) atoms. The molecule has 0 fully saturated rings. The minimum Gasteiger partial charge on any atom is -0.494 e. The molecule has 0 radical (unpaired) electrons. The lowest BCUT2D eigenvalue weighted by Crippen LogP contribution is -2.39. The van der Waals surface area contributed by atoms with Crippen molar-refractivity contribution in [1.82, 2.24) is 5.43 Å². The molecule has 9 heteroatoms. The average Bonchev–Trinajstić information content (AvgIpc) is 2.80. The zero-order valence-corrected chi connectivity index (χ0v) is 19.7. The van der Waals surface area contributed by atoms with Gasteiger partial charge in [0.25, 0.3) is 15.9 Å². The van der Waals surface area contributed by atoms with E-state index in [4.69, 9.17) is 4.74 Å². The fraction of sp³-hybridized carbons (Fsp3) is 0.130. The average molecular weight is 516 g/mol. The van der Waals surface area contributed by atoms with E-state index < -0.39 is 22.5 Å². The molecule has 3 aromatic carbocycles. The van der Waals surface area contributed by atoms with Crippen molar-refractivity contribution >= 4 is 43.8 Å². The van der Waals surface area contributed by atoms with E-state index in [1.165, 1.54) is 18.3 Å². The van der Waals surface area contributed by atoms with Gasteiger partial charge in [-0.1, -0.05) is 46.3 Å². The zero-order chi connectivity index (χ0) is 23.0. The van der Waals surface area contributed by atoms with Crippen LogP contribution in [0.5, 0.6) is 5.75 Å². The number of nitrogens with zero attached hydrogens (tertiary/aromatic N) is 2.